The Kier molecular flexibility index (Phi) is 7.10. The Morgan fingerprint density at radius 1 is 1.31 bits per heavy atom. The molecule has 0 radical (unpaired) electrons. The molecule has 1 aliphatic heterocycles. The molecule has 2 aromatic rings. The van der Waals surface area contributed by atoms with Gasteiger partial charge in [-0.05, 0) is 37.3 Å². The van der Waals surface area contributed by atoms with E-state index in [1.807, 2.05) is 17.0 Å². The SMILES string of the molecule is COc1ccc(CNC(=O)CC[C@@H]2CCCN(C(=O)c3cn[nH]c3)C2)c(OC)c1. The van der Waals surface area contributed by atoms with Crippen molar-refractivity contribution in [3.05, 3.63) is 41.7 Å². The molecule has 0 spiro atoms. The van der Waals surface area contributed by atoms with Crippen LogP contribution in [0.25, 0.3) is 0 Å². The third kappa shape index (κ3) is 5.49. The van der Waals surface area contributed by atoms with E-state index in [0.717, 1.165) is 31.4 Å². The van der Waals surface area contributed by atoms with Gasteiger partial charge >= 0.3 is 0 Å². The molecule has 0 bridgehead atoms. The van der Waals surface area contributed by atoms with E-state index in [4.69, 9.17) is 9.47 Å². The van der Waals surface area contributed by atoms with E-state index in [1.54, 1.807) is 32.7 Å². The van der Waals surface area contributed by atoms with E-state index in [2.05, 4.69) is 15.5 Å². The van der Waals surface area contributed by atoms with E-state index in [9.17, 15) is 9.59 Å². The second-order valence-corrected chi connectivity index (χ2v) is 7.24. The Balaban J connectivity index is 1.45. The molecule has 2 amide bonds. The third-order valence-electron chi connectivity index (χ3n) is 5.30. The number of methoxy groups -OCH3 is 2. The number of aromatic amines is 1. The molecule has 2 N–H and O–H groups in total. The summed E-state index contributed by atoms with van der Waals surface area (Å²) in [5, 5.41) is 9.47. The number of piperidine rings is 1. The minimum Gasteiger partial charge on any atom is -0.497 e. The van der Waals surface area contributed by atoms with E-state index < -0.39 is 0 Å². The van der Waals surface area contributed by atoms with Crippen molar-refractivity contribution in [2.75, 3.05) is 27.3 Å². The van der Waals surface area contributed by atoms with Gasteiger partial charge in [-0.1, -0.05) is 0 Å². The summed E-state index contributed by atoms with van der Waals surface area (Å²) in [7, 11) is 3.20. The maximum atomic E-state index is 12.5. The van der Waals surface area contributed by atoms with Gasteiger partial charge in [-0.3, -0.25) is 14.7 Å². The largest absolute Gasteiger partial charge is 0.497 e. The normalized spacial score (nSPS) is 16.3. The fourth-order valence-electron chi connectivity index (χ4n) is 3.65. The number of nitrogens with one attached hydrogen (secondary N) is 2. The lowest BCUT2D eigenvalue weighted by molar-refractivity contribution is -0.121. The van der Waals surface area contributed by atoms with Crippen LogP contribution in [0.1, 0.15) is 41.6 Å². The first-order chi connectivity index (χ1) is 14.1. The zero-order valence-electron chi connectivity index (χ0n) is 16.9. The fourth-order valence-corrected chi connectivity index (χ4v) is 3.65. The average Bonchev–Trinajstić information content (AvgIpc) is 3.30. The second kappa shape index (κ2) is 9.95. The number of hydrogen-bond acceptors (Lipinski definition) is 5. The molecule has 1 fully saturated rings. The summed E-state index contributed by atoms with van der Waals surface area (Å²) in [5.74, 6) is 1.73. The smallest absolute Gasteiger partial charge is 0.257 e. The lowest BCUT2D eigenvalue weighted by atomic mass is 9.93. The molecule has 1 aromatic heterocycles. The lowest BCUT2D eigenvalue weighted by Crippen LogP contribution is -2.40. The summed E-state index contributed by atoms with van der Waals surface area (Å²) in [5.41, 5.74) is 1.48. The van der Waals surface area contributed by atoms with Crippen molar-refractivity contribution in [3.8, 4) is 11.5 Å². The zero-order valence-corrected chi connectivity index (χ0v) is 16.9. The van der Waals surface area contributed by atoms with Crippen LogP contribution in [0.15, 0.2) is 30.6 Å². The molecule has 0 aliphatic carbocycles. The van der Waals surface area contributed by atoms with Gasteiger partial charge in [0.2, 0.25) is 5.91 Å². The molecular formula is C21H28N4O4. The number of amides is 2. The number of H-pyrrole nitrogens is 1. The van der Waals surface area contributed by atoms with Gasteiger partial charge in [-0.15, -0.1) is 0 Å². The predicted molar refractivity (Wildman–Crippen MR) is 108 cm³/mol. The summed E-state index contributed by atoms with van der Waals surface area (Å²) in [6.45, 7) is 1.84. The van der Waals surface area contributed by atoms with Crippen molar-refractivity contribution < 1.29 is 19.1 Å². The number of carbonyl (C=O) groups is 2. The molecule has 29 heavy (non-hydrogen) atoms. The first-order valence-electron chi connectivity index (χ1n) is 9.86. The van der Waals surface area contributed by atoms with Crippen LogP contribution in [0.4, 0.5) is 0 Å². The van der Waals surface area contributed by atoms with Crippen LogP contribution >= 0.6 is 0 Å². The highest BCUT2D eigenvalue weighted by atomic mass is 16.5. The van der Waals surface area contributed by atoms with Gasteiger partial charge in [0.05, 0.1) is 26.0 Å². The first-order valence-corrected chi connectivity index (χ1v) is 9.86. The second-order valence-electron chi connectivity index (χ2n) is 7.24. The van der Waals surface area contributed by atoms with Crippen molar-refractivity contribution in [1.82, 2.24) is 20.4 Å². The van der Waals surface area contributed by atoms with Crippen molar-refractivity contribution in [2.24, 2.45) is 5.92 Å². The van der Waals surface area contributed by atoms with Crippen LogP contribution in [0.5, 0.6) is 11.5 Å². The van der Waals surface area contributed by atoms with E-state index >= 15 is 0 Å². The predicted octanol–water partition coefficient (Wildman–Crippen LogP) is 2.38. The number of benzene rings is 1. The molecule has 156 valence electrons. The van der Waals surface area contributed by atoms with Crippen molar-refractivity contribution in [3.63, 3.8) is 0 Å². The molecule has 1 aromatic carbocycles. The first kappa shape index (κ1) is 20.7. The third-order valence-corrected chi connectivity index (χ3v) is 5.30. The van der Waals surface area contributed by atoms with Gasteiger partial charge in [0, 0.05) is 43.9 Å². The fraction of sp³-hybridized carbons (Fsp3) is 0.476. The molecule has 8 heteroatoms. The maximum Gasteiger partial charge on any atom is 0.257 e. The molecule has 0 unspecified atom stereocenters. The quantitative estimate of drug-likeness (QED) is 0.709. The van der Waals surface area contributed by atoms with Crippen LogP contribution < -0.4 is 14.8 Å². The highest BCUT2D eigenvalue weighted by Gasteiger charge is 2.25. The Hall–Kier alpha value is -3.03. The van der Waals surface area contributed by atoms with E-state index in [-0.39, 0.29) is 11.8 Å². The van der Waals surface area contributed by atoms with Crippen molar-refractivity contribution in [2.45, 2.75) is 32.2 Å². The Bertz CT molecular complexity index is 822. The monoisotopic (exact) mass is 400 g/mol. The number of likely N-dealkylation sites (tertiary alicyclic amines) is 1. The van der Waals surface area contributed by atoms with Gasteiger partial charge in [0.1, 0.15) is 11.5 Å². The Morgan fingerprint density at radius 3 is 2.90 bits per heavy atom. The van der Waals surface area contributed by atoms with Crippen LogP contribution in [0, 0.1) is 5.92 Å². The molecule has 2 heterocycles. The van der Waals surface area contributed by atoms with Crippen LogP contribution in [-0.4, -0.2) is 54.2 Å². The minimum absolute atomic E-state index is 0.000461. The lowest BCUT2D eigenvalue weighted by Gasteiger charge is -2.32. The topological polar surface area (TPSA) is 96.5 Å². The summed E-state index contributed by atoms with van der Waals surface area (Å²) in [6, 6.07) is 5.53. The molecule has 3 rings (SSSR count). The van der Waals surface area contributed by atoms with Gasteiger partial charge in [-0.2, -0.15) is 5.10 Å². The summed E-state index contributed by atoms with van der Waals surface area (Å²) < 4.78 is 10.6. The number of carbonyl (C=O) groups excluding carboxylic acids is 2. The summed E-state index contributed by atoms with van der Waals surface area (Å²) in [6.07, 6.45) is 6.37. The van der Waals surface area contributed by atoms with Crippen LogP contribution in [0.2, 0.25) is 0 Å². The maximum absolute atomic E-state index is 12.5. The number of hydrogen-bond donors (Lipinski definition) is 2. The van der Waals surface area contributed by atoms with Gasteiger partial charge in [0.15, 0.2) is 0 Å². The summed E-state index contributed by atoms with van der Waals surface area (Å²) in [4.78, 5) is 26.7. The average molecular weight is 400 g/mol. The number of ether oxygens (including phenoxy) is 2. The standard InChI is InChI=1S/C21H28N4O4/c1-28-18-7-6-16(19(10-18)29-2)11-22-20(26)8-5-15-4-3-9-25(14-15)21(27)17-12-23-24-13-17/h6-7,10,12-13,15H,3-5,8-9,11,14H2,1-2H3,(H,22,26)(H,23,24)/t15-/m0/s1. The van der Waals surface area contributed by atoms with Crippen LogP contribution in [0.3, 0.4) is 0 Å². The molecule has 1 atom stereocenters. The molecule has 1 aliphatic rings. The van der Waals surface area contributed by atoms with Gasteiger partial charge in [-0.25, -0.2) is 0 Å². The van der Waals surface area contributed by atoms with E-state index in [0.29, 0.717) is 42.5 Å². The van der Waals surface area contributed by atoms with E-state index in [1.165, 1.54) is 0 Å². The van der Waals surface area contributed by atoms with Crippen molar-refractivity contribution in [1.29, 1.82) is 0 Å². The Labute approximate surface area is 170 Å². The summed E-state index contributed by atoms with van der Waals surface area (Å²) >= 11 is 0. The number of rotatable bonds is 8. The Morgan fingerprint density at radius 2 is 2.17 bits per heavy atom. The number of aromatic nitrogens is 2. The highest BCUT2D eigenvalue weighted by Crippen LogP contribution is 2.25. The molecule has 1 saturated heterocycles. The molecule has 8 nitrogen and oxygen atoms in total. The molecule has 0 saturated carbocycles. The van der Waals surface area contributed by atoms with Crippen molar-refractivity contribution >= 4 is 11.8 Å². The highest BCUT2D eigenvalue weighted by molar-refractivity contribution is 5.93. The minimum atomic E-state index is -0.000461. The number of nitrogens with zero attached hydrogens (tertiary/aromatic N) is 2. The van der Waals surface area contributed by atoms with Crippen LogP contribution in [-0.2, 0) is 11.3 Å². The van der Waals surface area contributed by atoms with Gasteiger partial charge in [0.25, 0.3) is 5.91 Å². The zero-order chi connectivity index (χ0) is 20.6. The molecular weight excluding hydrogens is 372 g/mol. The van der Waals surface area contributed by atoms with Gasteiger partial charge < -0.3 is 19.7 Å².